The molecule has 2 aromatic heterocycles. The van der Waals surface area contributed by atoms with Crippen molar-refractivity contribution in [3.8, 4) is 0 Å². The molecular formula is C18H20BrN5O. The second-order valence-electron chi connectivity index (χ2n) is 6.21. The maximum atomic E-state index is 11.9. The molecule has 4 rings (SSSR count). The predicted molar refractivity (Wildman–Crippen MR) is 103 cm³/mol. The fourth-order valence-corrected chi connectivity index (χ4v) is 3.81. The number of carbonyl (C=O) groups is 1. The van der Waals surface area contributed by atoms with Crippen molar-refractivity contribution in [2.45, 2.75) is 6.42 Å². The quantitative estimate of drug-likeness (QED) is 0.681. The molecule has 6 nitrogen and oxygen atoms in total. The number of anilines is 1. The third kappa shape index (κ3) is 2.93. The second kappa shape index (κ2) is 6.55. The standard InChI is InChI=1S/C18H20BrN5O/c1-20-18(25)23-8-3-7-22(10-11-23)17-16-4-2-9-24(16)15-6-5-13(19)12-14(15)21-17/h2,4-6,9,12H,3,7-8,10-11H2,1H3,(H,20,25). The molecule has 0 radical (unpaired) electrons. The van der Waals surface area contributed by atoms with E-state index in [-0.39, 0.29) is 6.03 Å². The molecule has 0 atom stereocenters. The summed E-state index contributed by atoms with van der Waals surface area (Å²) in [6.07, 6.45) is 3.00. The summed E-state index contributed by atoms with van der Waals surface area (Å²) in [5.41, 5.74) is 3.15. The van der Waals surface area contributed by atoms with Gasteiger partial charge in [-0.1, -0.05) is 15.9 Å². The summed E-state index contributed by atoms with van der Waals surface area (Å²) >= 11 is 3.54. The van der Waals surface area contributed by atoms with Crippen molar-refractivity contribution in [3.05, 3.63) is 41.0 Å². The number of nitrogens with zero attached hydrogens (tertiary/aromatic N) is 4. The van der Waals surface area contributed by atoms with Crippen LogP contribution in [0.4, 0.5) is 10.6 Å². The average molecular weight is 402 g/mol. The predicted octanol–water partition coefficient (Wildman–Crippen LogP) is 3.10. The number of hydrogen-bond acceptors (Lipinski definition) is 3. The van der Waals surface area contributed by atoms with Crippen molar-refractivity contribution in [3.63, 3.8) is 0 Å². The molecule has 1 N–H and O–H groups in total. The number of benzene rings is 1. The molecule has 1 aliphatic rings. The molecule has 0 unspecified atom stereocenters. The zero-order valence-electron chi connectivity index (χ0n) is 14.1. The number of rotatable bonds is 1. The number of aromatic nitrogens is 2. The van der Waals surface area contributed by atoms with Gasteiger partial charge < -0.3 is 19.5 Å². The van der Waals surface area contributed by atoms with Crippen LogP contribution in [0, 0.1) is 0 Å². The van der Waals surface area contributed by atoms with Crippen molar-refractivity contribution in [2.75, 3.05) is 38.1 Å². The first kappa shape index (κ1) is 16.2. The van der Waals surface area contributed by atoms with E-state index in [9.17, 15) is 4.79 Å². The topological polar surface area (TPSA) is 52.9 Å². The molecular weight excluding hydrogens is 382 g/mol. The summed E-state index contributed by atoms with van der Waals surface area (Å²) < 4.78 is 3.21. The maximum Gasteiger partial charge on any atom is 0.317 e. The molecule has 1 aliphatic heterocycles. The van der Waals surface area contributed by atoms with E-state index in [2.05, 4.69) is 54.9 Å². The monoisotopic (exact) mass is 401 g/mol. The number of hydrogen-bond donors (Lipinski definition) is 1. The Morgan fingerprint density at radius 3 is 2.88 bits per heavy atom. The minimum Gasteiger partial charge on any atom is -0.353 e. The maximum absolute atomic E-state index is 11.9. The first-order valence-corrected chi connectivity index (χ1v) is 9.24. The fraction of sp³-hybridized carbons (Fsp3) is 0.333. The number of carbonyl (C=O) groups excluding carboxylic acids is 1. The summed E-state index contributed by atoms with van der Waals surface area (Å²) in [6, 6.07) is 10.3. The fourth-order valence-electron chi connectivity index (χ4n) is 3.46. The van der Waals surface area contributed by atoms with Gasteiger partial charge in [0, 0.05) is 43.9 Å². The van der Waals surface area contributed by atoms with E-state index >= 15 is 0 Å². The van der Waals surface area contributed by atoms with Gasteiger partial charge in [-0.2, -0.15) is 0 Å². The van der Waals surface area contributed by atoms with Crippen LogP contribution in [-0.2, 0) is 0 Å². The van der Waals surface area contributed by atoms with Crippen LogP contribution in [0.3, 0.4) is 0 Å². The zero-order valence-corrected chi connectivity index (χ0v) is 15.7. The number of halogens is 1. The highest BCUT2D eigenvalue weighted by Gasteiger charge is 2.21. The Balaban J connectivity index is 1.75. The molecule has 0 aliphatic carbocycles. The summed E-state index contributed by atoms with van der Waals surface area (Å²) in [5.74, 6) is 0.981. The Morgan fingerprint density at radius 1 is 1.16 bits per heavy atom. The molecule has 25 heavy (non-hydrogen) atoms. The molecule has 1 fully saturated rings. The van der Waals surface area contributed by atoms with Crippen molar-refractivity contribution in [1.82, 2.24) is 19.6 Å². The molecule has 2 amide bonds. The van der Waals surface area contributed by atoms with E-state index in [1.165, 1.54) is 0 Å². The minimum absolute atomic E-state index is 0.00918. The Kier molecular flexibility index (Phi) is 4.25. The molecule has 1 aromatic carbocycles. The Hall–Kier alpha value is -2.28. The van der Waals surface area contributed by atoms with Crippen LogP contribution in [0.1, 0.15) is 6.42 Å². The van der Waals surface area contributed by atoms with Crippen LogP contribution >= 0.6 is 15.9 Å². The highest BCUT2D eigenvalue weighted by atomic mass is 79.9. The summed E-state index contributed by atoms with van der Waals surface area (Å²) in [5, 5.41) is 2.72. The minimum atomic E-state index is -0.00918. The second-order valence-corrected chi connectivity index (χ2v) is 7.13. The van der Waals surface area contributed by atoms with Gasteiger partial charge in [-0.15, -0.1) is 0 Å². The lowest BCUT2D eigenvalue weighted by Gasteiger charge is -2.24. The van der Waals surface area contributed by atoms with Crippen LogP contribution in [0.25, 0.3) is 16.6 Å². The van der Waals surface area contributed by atoms with Gasteiger partial charge in [0.05, 0.1) is 16.6 Å². The van der Waals surface area contributed by atoms with Crippen LogP contribution in [0.15, 0.2) is 41.0 Å². The van der Waals surface area contributed by atoms with E-state index in [1.54, 1.807) is 7.05 Å². The van der Waals surface area contributed by atoms with Gasteiger partial charge in [0.2, 0.25) is 0 Å². The Labute approximate surface area is 154 Å². The molecule has 3 aromatic rings. The first-order valence-electron chi connectivity index (χ1n) is 8.45. The molecule has 1 saturated heterocycles. The third-order valence-electron chi connectivity index (χ3n) is 4.70. The third-order valence-corrected chi connectivity index (χ3v) is 5.19. The number of urea groups is 1. The highest BCUT2D eigenvalue weighted by Crippen LogP contribution is 2.27. The van der Waals surface area contributed by atoms with Crippen molar-refractivity contribution >= 4 is 44.3 Å². The van der Waals surface area contributed by atoms with E-state index in [0.29, 0.717) is 6.54 Å². The summed E-state index contributed by atoms with van der Waals surface area (Å²) in [4.78, 5) is 21.0. The molecule has 3 heterocycles. The smallest absolute Gasteiger partial charge is 0.317 e. The van der Waals surface area contributed by atoms with Crippen LogP contribution in [-0.4, -0.2) is 53.5 Å². The van der Waals surface area contributed by atoms with E-state index in [0.717, 1.165) is 52.9 Å². The van der Waals surface area contributed by atoms with Gasteiger partial charge in [0.1, 0.15) is 0 Å². The van der Waals surface area contributed by atoms with E-state index in [4.69, 9.17) is 4.98 Å². The summed E-state index contributed by atoms with van der Waals surface area (Å²) in [7, 11) is 1.68. The van der Waals surface area contributed by atoms with Gasteiger partial charge in [0.25, 0.3) is 0 Å². The van der Waals surface area contributed by atoms with Gasteiger partial charge in [0.15, 0.2) is 5.82 Å². The van der Waals surface area contributed by atoms with E-state index in [1.807, 2.05) is 17.0 Å². The van der Waals surface area contributed by atoms with Crippen molar-refractivity contribution in [1.29, 1.82) is 0 Å². The zero-order chi connectivity index (χ0) is 17.4. The molecule has 0 saturated carbocycles. The lowest BCUT2D eigenvalue weighted by molar-refractivity contribution is 0.204. The van der Waals surface area contributed by atoms with Crippen molar-refractivity contribution in [2.24, 2.45) is 0 Å². The van der Waals surface area contributed by atoms with Gasteiger partial charge in [-0.25, -0.2) is 9.78 Å². The summed E-state index contributed by atoms with van der Waals surface area (Å²) in [6.45, 7) is 3.14. The Bertz CT molecular complexity index is 938. The van der Waals surface area contributed by atoms with E-state index < -0.39 is 0 Å². The average Bonchev–Trinajstić information content (AvgIpc) is 2.98. The van der Waals surface area contributed by atoms with Crippen LogP contribution < -0.4 is 10.2 Å². The number of fused-ring (bicyclic) bond motifs is 3. The molecule has 130 valence electrons. The van der Waals surface area contributed by atoms with Gasteiger partial charge in [-0.05, 0) is 36.8 Å². The SMILES string of the molecule is CNC(=O)N1CCCN(c2nc3cc(Br)ccc3n3cccc23)CC1. The number of nitrogens with one attached hydrogen (secondary N) is 1. The number of amides is 2. The normalized spacial score (nSPS) is 15.6. The van der Waals surface area contributed by atoms with Crippen LogP contribution in [0.2, 0.25) is 0 Å². The van der Waals surface area contributed by atoms with Gasteiger partial charge in [-0.3, -0.25) is 0 Å². The Morgan fingerprint density at radius 2 is 2.04 bits per heavy atom. The first-order chi connectivity index (χ1) is 12.2. The lowest BCUT2D eigenvalue weighted by atomic mass is 10.3. The van der Waals surface area contributed by atoms with Crippen LogP contribution in [0.5, 0.6) is 0 Å². The van der Waals surface area contributed by atoms with Crippen molar-refractivity contribution < 1.29 is 4.79 Å². The largest absolute Gasteiger partial charge is 0.353 e. The van der Waals surface area contributed by atoms with Gasteiger partial charge >= 0.3 is 6.03 Å². The highest BCUT2D eigenvalue weighted by molar-refractivity contribution is 9.10. The lowest BCUT2D eigenvalue weighted by Crippen LogP contribution is -2.40. The molecule has 0 bridgehead atoms. The molecule has 0 spiro atoms. The molecule has 7 heteroatoms.